The van der Waals surface area contributed by atoms with E-state index in [9.17, 15) is 14.4 Å². The van der Waals surface area contributed by atoms with Crippen molar-refractivity contribution in [3.63, 3.8) is 0 Å². The maximum atomic E-state index is 11.7. The van der Waals surface area contributed by atoms with Crippen molar-refractivity contribution in [2.75, 3.05) is 6.54 Å². The van der Waals surface area contributed by atoms with Gasteiger partial charge in [-0.3, -0.25) is 14.9 Å². The van der Waals surface area contributed by atoms with Crippen molar-refractivity contribution in [1.82, 2.24) is 10.2 Å². The molecule has 1 aliphatic carbocycles. The van der Waals surface area contributed by atoms with Gasteiger partial charge in [-0.1, -0.05) is 12.8 Å². The first kappa shape index (κ1) is 10.1. The molecule has 82 valence electrons. The summed E-state index contributed by atoms with van der Waals surface area (Å²) in [7, 11) is 0. The molecule has 0 aromatic heterocycles. The van der Waals surface area contributed by atoms with Crippen molar-refractivity contribution in [2.45, 2.75) is 38.1 Å². The maximum Gasteiger partial charge on any atom is 0.325 e. The molecule has 0 bridgehead atoms. The largest absolute Gasteiger partial charge is 0.325 e. The predicted octanol–water partition coefficient (Wildman–Crippen LogP) is 0.440. The van der Waals surface area contributed by atoms with Crippen LogP contribution in [0.4, 0.5) is 4.79 Å². The Hall–Kier alpha value is -1.39. The molecule has 5 heteroatoms. The third-order valence-electron chi connectivity index (χ3n) is 3.22. The van der Waals surface area contributed by atoms with Gasteiger partial charge in [-0.15, -0.1) is 0 Å². The minimum Gasteiger partial charge on any atom is -0.302 e. The Kier molecular flexibility index (Phi) is 2.25. The Labute approximate surface area is 87.8 Å². The zero-order chi connectivity index (χ0) is 11.1. The number of amides is 3. The van der Waals surface area contributed by atoms with E-state index in [2.05, 4.69) is 5.32 Å². The highest BCUT2D eigenvalue weighted by Crippen LogP contribution is 2.38. The first-order valence-electron chi connectivity index (χ1n) is 5.19. The average Bonchev–Trinajstić information content (AvgIpc) is 2.69. The van der Waals surface area contributed by atoms with E-state index in [4.69, 9.17) is 0 Å². The normalized spacial score (nSPS) is 23.7. The molecule has 0 aromatic rings. The number of nitrogens with one attached hydrogen (secondary N) is 1. The van der Waals surface area contributed by atoms with Crippen LogP contribution >= 0.6 is 0 Å². The number of rotatable bonds is 2. The van der Waals surface area contributed by atoms with Crippen molar-refractivity contribution >= 4 is 17.7 Å². The van der Waals surface area contributed by atoms with E-state index in [0.717, 1.165) is 12.8 Å². The Morgan fingerprint density at radius 2 is 2.00 bits per heavy atom. The van der Waals surface area contributed by atoms with Crippen molar-refractivity contribution in [2.24, 2.45) is 0 Å². The summed E-state index contributed by atoms with van der Waals surface area (Å²) in [6, 6.07) is -0.419. The van der Waals surface area contributed by atoms with Crippen LogP contribution in [0.15, 0.2) is 0 Å². The number of urea groups is 1. The van der Waals surface area contributed by atoms with Gasteiger partial charge in [0.15, 0.2) is 0 Å². The highest BCUT2D eigenvalue weighted by atomic mass is 16.2. The highest BCUT2D eigenvalue weighted by Gasteiger charge is 2.54. The first-order valence-corrected chi connectivity index (χ1v) is 5.19. The predicted molar refractivity (Wildman–Crippen MR) is 52.1 cm³/mol. The van der Waals surface area contributed by atoms with Crippen LogP contribution in [-0.4, -0.2) is 34.7 Å². The second kappa shape index (κ2) is 3.32. The molecule has 5 nitrogen and oxygen atoms in total. The Morgan fingerprint density at radius 3 is 2.53 bits per heavy atom. The number of imide groups is 1. The second-order valence-electron chi connectivity index (χ2n) is 4.29. The smallest absolute Gasteiger partial charge is 0.302 e. The summed E-state index contributed by atoms with van der Waals surface area (Å²) in [5.74, 6) is -0.322. The summed E-state index contributed by atoms with van der Waals surface area (Å²) >= 11 is 0. The van der Waals surface area contributed by atoms with E-state index in [1.807, 2.05) is 0 Å². The third kappa shape index (κ3) is 1.42. The van der Waals surface area contributed by atoms with Gasteiger partial charge in [0, 0.05) is 0 Å². The molecule has 3 amide bonds. The van der Waals surface area contributed by atoms with E-state index in [1.54, 1.807) is 0 Å². The van der Waals surface area contributed by atoms with Crippen molar-refractivity contribution in [3.8, 4) is 0 Å². The Bertz CT molecular complexity index is 332. The molecule has 2 rings (SSSR count). The number of Topliss-reactive ketones (excluding diaryl/α,β-unsaturated/α-hetero) is 1. The lowest BCUT2D eigenvalue weighted by molar-refractivity contribution is -0.127. The van der Waals surface area contributed by atoms with Gasteiger partial charge in [0.25, 0.3) is 5.91 Å². The molecule has 1 aliphatic heterocycles. The molecule has 1 heterocycles. The van der Waals surface area contributed by atoms with Crippen LogP contribution in [-0.2, 0) is 9.59 Å². The van der Waals surface area contributed by atoms with Crippen LogP contribution in [0.3, 0.4) is 0 Å². The van der Waals surface area contributed by atoms with Gasteiger partial charge >= 0.3 is 6.03 Å². The number of ketones is 1. The molecule has 1 N–H and O–H groups in total. The fraction of sp³-hybridized carbons (Fsp3) is 0.700. The van der Waals surface area contributed by atoms with Gasteiger partial charge in [0.05, 0.1) is 6.54 Å². The zero-order valence-corrected chi connectivity index (χ0v) is 8.71. The van der Waals surface area contributed by atoms with E-state index in [1.165, 1.54) is 11.8 Å². The van der Waals surface area contributed by atoms with Gasteiger partial charge < -0.3 is 4.90 Å². The lowest BCUT2D eigenvalue weighted by Gasteiger charge is -2.30. The molecule has 2 fully saturated rings. The molecule has 2 aliphatic rings. The highest BCUT2D eigenvalue weighted by molar-refractivity contribution is 6.08. The molecule has 15 heavy (non-hydrogen) atoms. The molecule has 0 atom stereocenters. The molecule has 0 aromatic carbocycles. The quantitative estimate of drug-likeness (QED) is 0.672. The summed E-state index contributed by atoms with van der Waals surface area (Å²) < 4.78 is 0. The van der Waals surface area contributed by atoms with Crippen LogP contribution in [0.2, 0.25) is 0 Å². The average molecular weight is 210 g/mol. The number of carbonyl (C=O) groups excluding carboxylic acids is 3. The summed E-state index contributed by atoms with van der Waals surface area (Å²) in [5, 5.41) is 2.30. The number of nitrogens with zero attached hydrogens (tertiary/aromatic N) is 1. The first-order chi connectivity index (χ1) is 7.06. The summed E-state index contributed by atoms with van der Waals surface area (Å²) in [6.07, 6.45) is 3.24. The summed E-state index contributed by atoms with van der Waals surface area (Å²) in [4.78, 5) is 35.7. The fourth-order valence-electron chi connectivity index (χ4n) is 2.50. The van der Waals surface area contributed by atoms with Crippen LogP contribution < -0.4 is 5.32 Å². The second-order valence-corrected chi connectivity index (χ2v) is 4.29. The molecule has 0 unspecified atom stereocenters. The van der Waals surface area contributed by atoms with Gasteiger partial charge in [0.2, 0.25) is 0 Å². The number of carbonyl (C=O) groups is 3. The Balaban J connectivity index is 2.28. The van der Waals surface area contributed by atoms with Crippen molar-refractivity contribution < 1.29 is 14.4 Å². The van der Waals surface area contributed by atoms with Gasteiger partial charge in [-0.05, 0) is 19.8 Å². The fourth-order valence-corrected chi connectivity index (χ4v) is 2.50. The van der Waals surface area contributed by atoms with E-state index < -0.39 is 11.6 Å². The third-order valence-corrected chi connectivity index (χ3v) is 3.22. The lowest BCUT2D eigenvalue weighted by atomic mass is 9.96. The molecular formula is C10H14N2O3. The maximum absolute atomic E-state index is 11.7. The molecule has 1 saturated heterocycles. The lowest BCUT2D eigenvalue weighted by Crippen LogP contribution is -2.49. The monoisotopic (exact) mass is 210 g/mol. The molecular weight excluding hydrogens is 196 g/mol. The van der Waals surface area contributed by atoms with E-state index >= 15 is 0 Å². The van der Waals surface area contributed by atoms with Gasteiger partial charge in [0.1, 0.15) is 11.3 Å². The van der Waals surface area contributed by atoms with Gasteiger partial charge in [-0.2, -0.15) is 0 Å². The minimum absolute atomic E-state index is 0.0393. The molecule has 1 spiro atoms. The molecule has 1 saturated carbocycles. The van der Waals surface area contributed by atoms with Crippen molar-refractivity contribution in [3.05, 3.63) is 0 Å². The van der Waals surface area contributed by atoms with Crippen LogP contribution in [0.5, 0.6) is 0 Å². The Morgan fingerprint density at radius 1 is 1.40 bits per heavy atom. The minimum atomic E-state index is -0.719. The van der Waals surface area contributed by atoms with Crippen LogP contribution in [0.25, 0.3) is 0 Å². The number of hydrogen-bond acceptors (Lipinski definition) is 3. The van der Waals surface area contributed by atoms with Gasteiger partial charge in [-0.25, -0.2) is 4.79 Å². The zero-order valence-electron chi connectivity index (χ0n) is 8.71. The summed E-state index contributed by atoms with van der Waals surface area (Å²) in [6.45, 7) is 1.47. The van der Waals surface area contributed by atoms with Crippen LogP contribution in [0.1, 0.15) is 32.6 Å². The molecule has 0 radical (unpaired) electrons. The standard InChI is InChI=1S/C10H14N2O3/c1-7(13)6-12-9(15)11-8(14)10(12)4-2-3-5-10/h2-6H2,1H3,(H,11,14,15). The van der Waals surface area contributed by atoms with E-state index in [0.29, 0.717) is 12.8 Å². The van der Waals surface area contributed by atoms with Crippen molar-refractivity contribution in [1.29, 1.82) is 0 Å². The SMILES string of the molecule is CC(=O)CN1C(=O)NC(=O)C12CCCC2. The van der Waals surface area contributed by atoms with E-state index in [-0.39, 0.29) is 18.2 Å². The van der Waals surface area contributed by atoms with Crippen LogP contribution in [0, 0.1) is 0 Å². The summed E-state index contributed by atoms with van der Waals surface area (Å²) in [5.41, 5.74) is -0.719. The topological polar surface area (TPSA) is 66.5 Å². The number of hydrogen-bond donors (Lipinski definition) is 1.